The molecule has 0 saturated heterocycles. The normalized spacial score (nSPS) is 11.4. The Balaban J connectivity index is 2.30. The van der Waals surface area contributed by atoms with Crippen LogP contribution in [0.5, 0.6) is 11.6 Å². The van der Waals surface area contributed by atoms with Gasteiger partial charge in [0, 0.05) is 11.8 Å². The molecule has 8 heteroatoms. The van der Waals surface area contributed by atoms with Gasteiger partial charge < -0.3 is 10.5 Å². The number of aryl methyl sites for hydroxylation is 1. The third kappa shape index (κ3) is 3.30. The van der Waals surface area contributed by atoms with E-state index >= 15 is 0 Å². The number of anilines is 1. The molecule has 19 heavy (non-hydrogen) atoms. The van der Waals surface area contributed by atoms with Crippen LogP contribution in [0.25, 0.3) is 0 Å². The number of nitrogen functional groups attached to an aromatic ring is 1. The zero-order valence-electron chi connectivity index (χ0n) is 9.77. The van der Waals surface area contributed by atoms with Gasteiger partial charge in [0.15, 0.2) is 5.69 Å². The van der Waals surface area contributed by atoms with Gasteiger partial charge in [-0.1, -0.05) is 0 Å². The van der Waals surface area contributed by atoms with Crippen molar-refractivity contribution in [2.75, 3.05) is 5.73 Å². The molecule has 2 heterocycles. The Kier molecular flexibility index (Phi) is 3.24. The van der Waals surface area contributed by atoms with E-state index < -0.39 is 17.8 Å². The second kappa shape index (κ2) is 4.71. The van der Waals surface area contributed by atoms with Crippen LogP contribution in [0.1, 0.15) is 11.4 Å². The Hall–Kier alpha value is -2.38. The van der Waals surface area contributed by atoms with Crippen molar-refractivity contribution in [1.82, 2.24) is 15.0 Å². The van der Waals surface area contributed by atoms with Crippen molar-refractivity contribution in [2.24, 2.45) is 0 Å². The van der Waals surface area contributed by atoms with Crippen LogP contribution < -0.4 is 10.5 Å². The average molecular weight is 270 g/mol. The third-order valence-corrected chi connectivity index (χ3v) is 2.12. The molecule has 0 radical (unpaired) electrons. The van der Waals surface area contributed by atoms with Gasteiger partial charge in [0.05, 0.1) is 6.20 Å². The lowest BCUT2D eigenvalue weighted by Gasteiger charge is -2.09. The maximum Gasteiger partial charge on any atom is 0.433 e. The van der Waals surface area contributed by atoms with Gasteiger partial charge in [0.1, 0.15) is 5.75 Å². The van der Waals surface area contributed by atoms with Crippen molar-refractivity contribution < 1.29 is 17.9 Å². The second-order valence-corrected chi connectivity index (χ2v) is 3.68. The molecule has 0 aliphatic carbocycles. The average Bonchev–Trinajstić information content (AvgIpc) is 2.30. The van der Waals surface area contributed by atoms with Gasteiger partial charge in [-0.05, 0) is 19.1 Å². The van der Waals surface area contributed by atoms with Crippen molar-refractivity contribution in [2.45, 2.75) is 13.1 Å². The minimum absolute atomic E-state index is 0.261. The fraction of sp³-hybridized carbons (Fsp3) is 0.182. The van der Waals surface area contributed by atoms with E-state index in [-0.39, 0.29) is 11.6 Å². The summed E-state index contributed by atoms with van der Waals surface area (Å²) in [5, 5.41) is 0. The molecule has 0 aliphatic heterocycles. The lowest BCUT2D eigenvalue weighted by atomic mass is 10.3. The zero-order valence-corrected chi connectivity index (χ0v) is 9.77. The van der Waals surface area contributed by atoms with Gasteiger partial charge in [-0.2, -0.15) is 18.2 Å². The van der Waals surface area contributed by atoms with E-state index in [0.717, 1.165) is 5.69 Å². The SMILES string of the molecule is Cc1ccc(Oc2cc(C(F)(F)F)nc(N)n2)cn1. The van der Waals surface area contributed by atoms with Crippen molar-refractivity contribution in [3.05, 3.63) is 35.8 Å². The van der Waals surface area contributed by atoms with Crippen LogP contribution in [0.4, 0.5) is 19.1 Å². The molecule has 0 unspecified atom stereocenters. The van der Waals surface area contributed by atoms with Crippen molar-refractivity contribution in [3.63, 3.8) is 0 Å². The summed E-state index contributed by atoms with van der Waals surface area (Å²) in [4.78, 5) is 10.6. The number of hydrogen-bond donors (Lipinski definition) is 1. The first kappa shape index (κ1) is 13.1. The van der Waals surface area contributed by atoms with Crippen LogP contribution in [0, 0.1) is 6.92 Å². The van der Waals surface area contributed by atoms with Crippen LogP contribution in [0.2, 0.25) is 0 Å². The van der Waals surface area contributed by atoms with Gasteiger partial charge in [-0.15, -0.1) is 0 Å². The number of ether oxygens (including phenoxy) is 1. The van der Waals surface area contributed by atoms with Gasteiger partial charge in [-0.3, -0.25) is 4.98 Å². The third-order valence-electron chi connectivity index (χ3n) is 2.12. The van der Waals surface area contributed by atoms with Gasteiger partial charge >= 0.3 is 6.18 Å². The highest BCUT2D eigenvalue weighted by Crippen LogP contribution is 2.30. The largest absolute Gasteiger partial charge is 0.437 e. The standard InChI is InChI=1S/C11H9F3N4O/c1-6-2-3-7(5-16-6)19-9-4-8(11(12,13)14)17-10(15)18-9/h2-5H,1H3,(H2,15,17,18). The van der Waals surface area contributed by atoms with Crippen LogP contribution >= 0.6 is 0 Å². The summed E-state index contributed by atoms with van der Waals surface area (Å²) < 4.78 is 42.7. The lowest BCUT2D eigenvalue weighted by molar-refractivity contribution is -0.141. The first-order chi connectivity index (χ1) is 8.84. The topological polar surface area (TPSA) is 73.9 Å². The van der Waals surface area contributed by atoms with E-state index in [1.54, 1.807) is 19.1 Å². The van der Waals surface area contributed by atoms with E-state index in [1.165, 1.54) is 6.20 Å². The van der Waals surface area contributed by atoms with Gasteiger partial charge in [0.2, 0.25) is 11.8 Å². The van der Waals surface area contributed by atoms with E-state index in [9.17, 15) is 13.2 Å². The maximum absolute atomic E-state index is 12.5. The summed E-state index contributed by atoms with van der Waals surface area (Å²) in [6, 6.07) is 3.90. The number of hydrogen-bond acceptors (Lipinski definition) is 5. The first-order valence-corrected chi connectivity index (χ1v) is 5.17. The highest BCUT2D eigenvalue weighted by molar-refractivity contribution is 5.31. The molecule has 0 fully saturated rings. The summed E-state index contributed by atoms with van der Waals surface area (Å²) in [5.74, 6) is -0.535. The molecular formula is C11H9F3N4O. The summed E-state index contributed by atoms with van der Waals surface area (Å²) in [7, 11) is 0. The molecule has 0 bridgehead atoms. The number of halogens is 3. The smallest absolute Gasteiger partial charge is 0.433 e. The summed E-state index contributed by atoms with van der Waals surface area (Å²) in [5.41, 5.74) is 4.81. The Morgan fingerprint density at radius 2 is 1.95 bits per heavy atom. The Bertz CT molecular complexity index is 583. The van der Waals surface area contributed by atoms with Crippen molar-refractivity contribution in [1.29, 1.82) is 0 Å². The molecule has 0 spiro atoms. The predicted octanol–water partition coefficient (Wildman–Crippen LogP) is 2.57. The maximum atomic E-state index is 12.5. The molecule has 0 atom stereocenters. The second-order valence-electron chi connectivity index (χ2n) is 3.68. The first-order valence-electron chi connectivity index (χ1n) is 5.17. The predicted molar refractivity (Wildman–Crippen MR) is 60.5 cm³/mol. The zero-order chi connectivity index (χ0) is 14.0. The number of alkyl halides is 3. The molecule has 0 aliphatic rings. The minimum Gasteiger partial charge on any atom is -0.437 e. The highest BCUT2D eigenvalue weighted by atomic mass is 19.4. The molecule has 2 aromatic heterocycles. The quantitative estimate of drug-likeness (QED) is 0.907. The Labute approximate surface area is 106 Å². The molecule has 0 aromatic carbocycles. The summed E-state index contributed by atoms with van der Waals surface area (Å²) in [6.07, 6.45) is -3.23. The van der Waals surface area contributed by atoms with Crippen molar-refractivity contribution >= 4 is 5.95 Å². The lowest BCUT2D eigenvalue weighted by Crippen LogP contribution is -2.11. The number of rotatable bonds is 2. The highest BCUT2D eigenvalue weighted by Gasteiger charge is 2.33. The van der Waals surface area contributed by atoms with Crippen LogP contribution in [0.3, 0.4) is 0 Å². The number of aromatic nitrogens is 3. The molecule has 0 saturated carbocycles. The number of nitrogens with two attached hydrogens (primary N) is 1. The van der Waals surface area contributed by atoms with Crippen LogP contribution in [-0.4, -0.2) is 15.0 Å². The van der Waals surface area contributed by atoms with Gasteiger partial charge in [0.25, 0.3) is 0 Å². The monoisotopic (exact) mass is 270 g/mol. The summed E-state index contributed by atoms with van der Waals surface area (Å²) in [6.45, 7) is 1.77. The van der Waals surface area contributed by atoms with E-state index in [2.05, 4.69) is 15.0 Å². The van der Waals surface area contributed by atoms with E-state index in [4.69, 9.17) is 10.5 Å². The fourth-order valence-electron chi connectivity index (χ4n) is 1.28. The van der Waals surface area contributed by atoms with E-state index in [0.29, 0.717) is 6.07 Å². The molecule has 5 nitrogen and oxygen atoms in total. The summed E-state index contributed by atoms with van der Waals surface area (Å²) >= 11 is 0. The molecule has 2 rings (SSSR count). The fourth-order valence-corrected chi connectivity index (χ4v) is 1.28. The number of nitrogens with zero attached hydrogens (tertiary/aromatic N) is 3. The molecule has 100 valence electrons. The Morgan fingerprint density at radius 3 is 2.53 bits per heavy atom. The number of pyridine rings is 1. The van der Waals surface area contributed by atoms with E-state index in [1.807, 2.05) is 0 Å². The minimum atomic E-state index is -4.61. The van der Waals surface area contributed by atoms with Crippen molar-refractivity contribution in [3.8, 4) is 11.6 Å². The van der Waals surface area contributed by atoms with Gasteiger partial charge in [-0.25, -0.2) is 4.98 Å². The molecule has 2 N–H and O–H groups in total. The van der Waals surface area contributed by atoms with Crippen LogP contribution in [0.15, 0.2) is 24.4 Å². The van der Waals surface area contributed by atoms with Crippen LogP contribution in [-0.2, 0) is 6.18 Å². The molecular weight excluding hydrogens is 261 g/mol. The molecule has 2 aromatic rings. The Morgan fingerprint density at radius 1 is 1.21 bits per heavy atom. The molecule has 0 amide bonds.